The van der Waals surface area contributed by atoms with Gasteiger partial charge in [0.05, 0.1) is 4.92 Å². The topological polar surface area (TPSA) is 70.2 Å². The van der Waals surface area contributed by atoms with Gasteiger partial charge in [-0.1, -0.05) is 19.3 Å². The molecule has 1 aliphatic heterocycles. The second kappa shape index (κ2) is 5.72. The number of nitriles is 1. The molecule has 1 saturated carbocycles. The molecule has 2 atom stereocenters. The van der Waals surface area contributed by atoms with Crippen molar-refractivity contribution in [2.75, 3.05) is 18.0 Å². The van der Waals surface area contributed by atoms with E-state index in [1.807, 2.05) is 12.1 Å². The minimum absolute atomic E-state index is 0.0826. The number of rotatable bonds is 2. The monoisotopic (exact) mass is 285 g/mol. The number of hydrogen-bond acceptors (Lipinski definition) is 4. The van der Waals surface area contributed by atoms with E-state index in [0.29, 0.717) is 0 Å². The van der Waals surface area contributed by atoms with Crippen molar-refractivity contribution in [1.82, 2.24) is 0 Å². The quantitative estimate of drug-likeness (QED) is 0.616. The van der Waals surface area contributed by atoms with E-state index in [1.54, 1.807) is 12.1 Å². The lowest BCUT2D eigenvalue weighted by molar-refractivity contribution is -0.385. The molecular weight excluding hydrogens is 266 g/mol. The molecule has 1 aromatic carbocycles. The maximum absolute atomic E-state index is 11.1. The van der Waals surface area contributed by atoms with Crippen molar-refractivity contribution in [3.63, 3.8) is 0 Å². The smallest absolute Gasteiger partial charge is 0.289 e. The number of fused-ring (bicyclic) bond motifs is 1. The summed E-state index contributed by atoms with van der Waals surface area (Å²) < 4.78 is 0. The molecule has 0 amide bonds. The van der Waals surface area contributed by atoms with Crippen molar-refractivity contribution in [3.05, 3.63) is 33.9 Å². The lowest BCUT2D eigenvalue weighted by atomic mass is 9.75. The van der Waals surface area contributed by atoms with Gasteiger partial charge in [0.1, 0.15) is 11.6 Å². The number of piperidine rings is 1. The molecule has 1 aromatic rings. The summed E-state index contributed by atoms with van der Waals surface area (Å²) >= 11 is 0. The predicted molar refractivity (Wildman–Crippen MR) is 80.1 cm³/mol. The largest absolute Gasteiger partial charge is 0.371 e. The molecule has 2 unspecified atom stereocenters. The third-order valence-corrected chi connectivity index (χ3v) is 4.95. The highest BCUT2D eigenvalue weighted by Gasteiger charge is 2.31. The van der Waals surface area contributed by atoms with Gasteiger partial charge in [-0.3, -0.25) is 10.1 Å². The van der Waals surface area contributed by atoms with Gasteiger partial charge >= 0.3 is 0 Å². The van der Waals surface area contributed by atoms with Crippen LogP contribution in [0, 0.1) is 33.3 Å². The van der Waals surface area contributed by atoms with E-state index < -0.39 is 4.92 Å². The van der Waals surface area contributed by atoms with Gasteiger partial charge in [0.2, 0.25) is 0 Å². The first kappa shape index (κ1) is 13.9. The molecule has 0 bridgehead atoms. The number of anilines is 1. The average molecular weight is 285 g/mol. The third-order valence-electron chi connectivity index (χ3n) is 4.95. The fourth-order valence-corrected chi connectivity index (χ4v) is 3.80. The lowest BCUT2D eigenvalue weighted by Crippen LogP contribution is -2.41. The van der Waals surface area contributed by atoms with E-state index in [0.717, 1.165) is 30.6 Å². The zero-order valence-electron chi connectivity index (χ0n) is 12.0. The van der Waals surface area contributed by atoms with Gasteiger partial charge in [-0.25, -0.2) is 0 Å². The van der Waals surface area contributed by atoms with Gasteiger partial charge in [0, 0.05) is 24.8 Å². The number of benzene rings is 1. The summed E-state index contributed by atoms with van der Waals surface area (Å²) in [7, 11) is 0. The van der Waals surface area contributed by atoms with Crippen molar-refractivity contribution in [3.8, 4) is 6.07 Å². The Morgan fingerprint density at radius 2 is 2.00 bits per heavy atom. The second-order valence-electron chi connectivity index (χ2n) is 6.11. The first-order valence-electron chi connectivity index (χ1n) is 7.62. The van der Waals surface area contributed by atoms with Crippen LogP contribution in [-0.2, 0) is 0 Å². The van der Waals surface area contributed by atoms with Crippen molar-refractivity contribution < 1.29 is 4.92 Å². The van der Waals surface area contributed by atoms with Crippen LogP contribution in [-0.4, -0.2) is 18.0 Å². The van der Waals surface area contributed by atoms with Gasteiger partial charge in [0.15, 0.2) is 0 Å². The van der Waals surface area contributed by atoms with E-state index in [-0.39, 0.29) is 11.3 Å². The van der Waals surface area contributed by atoms with Gasteiger partial charge in [-0.15, -0.1) is 0 Å². The van der Waals surface area contributed by atoms with Crippen molar-refractivity contribution in [2.24, 2.45) is 11.8 Å². The van der Waals surface area contributed by atoms with Crippen LogP contribution in [0.15, 0.2) is 18.2 Å². The van der Waals surface area contributed by atoms with Crippen LogP contribution in [0.3, 0.4) is 0 Å². The summed E-state index contributed by atoms with van der Waals surface area (Å²) in [6.07, 6.45) is 6.45. The maximum Gasteiger partial charge on any atom is 0.289 e. The Hall–Kier alpha value is -2.09. The van der Waals surface area contributed by atoms with Crippen LogP contribution in [0.1, 0.15) is 37.7 Å². The predicted octanol–water partition coefficient (Wildman–Crippen LogP) is 3.48. The molecule has 0 N–H and O–H groups in total. The van der Waals surface area contributed by atoms with Crippen LogP contribution < -0.4 is 4.90 Å². The Morgan fingerprint density at radius 1 is 1.24 bits per heavy atom. The molecule has 2 aliphatic rings. The highest BCUT2D eigenvalue weighted by molar-refractivity contribution is 5.60. The summed E-state index contributed by atoms with van der Waals surface area (Å²) in [5.74, 6) is 1.56. The van der Waals surface area contributed by atoms with Crippen molar-refractivity contribution in [1.29, 1.82) is 5.26 Å². The van der Waals surface area contributed by atoms with Gasteiger partial charge in [-0.05, 0) is 36.8 Å². The highest BCUT2D eigenvalue weighted by atomic mass is 16.6. The Balaban J connectivity index is 1.82. The molecule has 21 heavy (non-hydrogen) atoms. The molecule has 0 aromatic heterocycles. The SMILES string of the molecule is N#Cc1ccc(N2CCC3CCCCC3C2)cc1[N+](=O)[O-]. The van der Waals surface area contributed by atoms with Crippen LogP contribution >= 0.6 is 0 Å². The third kappa shape index (κ3) is 2.71. The lowest BCUT2D eigenvalue weighted by Gasteiger charge is -2.42. The first-order valence-corrected chi connectivity index (χ1v) is 7.62. The standard InChI is InChI=1S/C16H19N3O2/c17-10-13-5-6-15(9-16(13)19(20)21)18-8-7-12-3-1-2-4-14(12)11-18/h5-6,9,12,14H,1-4,7-8,11H2. The fourth-order valence-electron chi connectivity index (χ4n) is 3.80. The zero-order chi connectivity index (χ0) is 14.8. The van der Waals surface area contributed by atoms with E-state index in [4.69, 9.17) is 5.26 Å². The van der Waals surface area contributed by atoms with Gasteiger partial charge in [0.25, 0.3) is 5.69 Å². The molecule has 3 rings (SSSR count). The molecule has 1 aliphatic carbocycles. The van der Waals surface area contributed by atoms with E-state index in [1.165, 1.54) is 32.1 Å². The molecule has 0 spiro atoms. The average Bonchev–Trinajstić information content (AvgIpc) is 2.53. The highest BCUT2D eigenvalue weighted by Crippen LogP contribution is 2.38. The van der Waals surface area contributed by atoms with Crippen molar-refractivity contribution >= 4 is 11.4 Å². The summed E-state index contributed by atoms with van der Waals surface area (Å²) in [6.45, 7) is 1.96. The van der Waals surface area contributed by atoms with Crippen LogP contribution in [0.4, 0.5) is 11.4 Å². The number of hydrogen-bond donors (Lipinski definition) is 0. The van der Waals surface area contributed by atoms with E-state index in [2.05, 4.69) is 4.90 Å². The van der Waals surface area contributed by atoms with E-state index in [9.17, 15) is 10.1 Å². The Morgan fingerprint density at radius 3 is 2.71 bits per heavy atom. The first-order chi connectivity index (χ1) is 10.2. The van der Waals surface area contributed by atoms with Crippen LogP contribution in [0.5, 0.6) is 0 Å². The molecular formula is C16H19N3O2. The van der Waals surface area contributed by atoms with Gasteiger partial charge < -0.3 is 4.90 Å². The Labute approximate surface area is 124 Å². The molecule has 110 valence electrons. The van der Waals surface area contributed by atoms with Gasteiger partial charge in [-0.2, -0.15) is 5.26 Å². The fraction of sp³-hybridized carbons (Fsp3) is 0.562. The van der Waals surface area contributed by atoms with Crippen LogP contribution in [0.25, 0.3) is 0 Å². The summed E-state index contributed by atoms with van der Waals surface area (Å²) in [5.41, 5.74) is 0.932. The maximum atomic E-state index is 11.1. The minimum Gasteiger partial charge on any atom is -0.371 e. The number of nitro groups is 1. The molecule has 5 nitrogen and oxygen atoms in total. The van der Waals surface area contributed by atoms with Crippen molar-refractivity contribution in [2.45, 2.75) is 32.1 Å². The summed E-state index contributed by atoms with van der Waals surface area (Å²) in [4.78, 5) is 12.9. The van der Waals surface area contributed by atoms with E-state index >= 15 is 0 Å². The second-order valence-corrected chi connectivity index (χ2v) is 6.11. The summed E-state index contributed by atoms with van der Waals surface area (Å²) in [6, 6.07) is 6.86. The number of nitro benzene ring substituents is 1. The Kier molecular flexibility index (Phi) is 3.78. The van der Waals surface area contributed by atoms with Crippen LogP contribution in [0.2, 0.25) is 0 Å². The molecule has 0 radical (unpaired) electrons. The molecule has 1 heterocycles. The number of nitrogens with zero attached hydrogens (tertiary/aromatic N) is 3. The Bertz CT molecular complexity index is 594. The minimum atomic E-state index is -0.463. The molecule has 5 heteroatoms. The molecule has 1 saturated heterocycles. The summed E-state index contributed by atoms with van der Waals surface area (Å²) in [5, 5.41) is 20.0. The normalized spacial score (nSPS) is 25.0. The molecule has 2 fully saturated rings. The zero-order valence-corrected chi connectivity index (χ0v) is 12.0.